The van der Waals surface area contributed by atoms with Crippen molar-refractivity contribution in [3.05, 3.63) is 0 Å². The minimum absolute atomic E-state index is 0.394. The van der Waals surface area contributed by atoms with E-state index in [-0.39, 0.29) is 0 Å². The summed E-state index contributed by atoms with van der Waals surface area (Å²) in [5, 5.41) is 0. The largest absolute Gasteiger partial charge is 0.327 e. The second-order valence-corrected chi connectivity index (χ2v) is 5.10. The topological polar surface area (TPSA) is 29.3 Å². The third-order valence-corrected chi connectivity index (χ3v) is 3.40. The zero-order valence-corrected chi connectivity index (χ0v) is 10.00. The van der Waals surface area contributed by atoms with Crippen molar-refractivity contribution in [1.82, 2.24) is 4.90 Å². The minimum Gasteiger partial charge on any atom is -0.327 e. The van der Waals surface area contributed by atoms with E-state index in [4.69, 9.17) is 5.73 Å². The molecule has 0 aromatic carbocycles. The van der Waals surface area contributed by atoms with Crippen LogP contribution in [-0.2, 0) is 0 Å². The highest BCUT2D eigenvalue weighted by Crippen LogP contribution is 2.23. The summed E-state index contributed by atoms with van der Waals surface area (Å²) in [6, 6.07) is 0.394. The van der Waals surface area contributed by atoms with Gasteiger partial charge in [0.15, 0.2) is 0 Å². The molecule has 0 spiro atoms. The van der Waals surface area contributed by atoms with Crippen molar-refractivity contribution in [2.75, 3.05) is 19.6 Å². The van der Waals surface area contributed by atoms with E-state index in [9.17, 15) is 0 Å². The van der Waals surface area contributed by atoms with E-state index >= 15 is 0 Å². The molecule has 0 radical (unpaired) electrons. The van der Waals surface area contributed by atoms with Crippen LogP contribution in [0.2, 0.25) is 0 Å². The number of hydrogen-bond acceptors (Lipinski definition) is 2. The van der Waals surface area contributed by atoms with Gasteiger partial charge in [0.05, 0.1) is 0 Å². The molecule has 1 aliphatic rings. The van der Waals surface area contributed by atoms with E-state index < -0.39 is 0 Å². The molecule has 2 N–H and O–H groups in total. The normalized spacial score (nSPS) is 25.9. The second kappa shape index (κ2) is 5.72. The average molecular weight is 198 g/mol. The SMILES string of the molecule is CCCC(N)CN1CCC(C(C)C)C1. The molecule has 1 aliphatic heterocycles. The van der Waals surface area contributed by atoms with Gasteiger partial charge in [-0.15, -0.1) is 0 Å². The molecule has 0 bridgehead atoms. The molecule has 2 nitrogen and oxygen atoms in total. The van der Waals surface area contributed by atoms with Crippen molar-refractivity contribution in [2.45, 2.75) is 46.1 Å². The average Bonchev–Trinajstić information content (AvgIpc) is 2.53. The van der Waals surface area contributed by atoms with E-state index in [2.05, 4.69) is 25.7 Å². The maximum atomic E-state index is 6.04. The molecular weight excluding hydrogens is 172 g/mol. The molecule has 2 heteroatoms. The first-order valence-corrected chi connectivity index (χ1v) is 6.11. The van der Waals surface area contributed by atoms with Crippen molar-refractivity contribution in [2.24, 2.45) is 17.6 Å². The molecule has 0 saturated carbocycles. The smallest absolute Gasteiger partial charge is 0.0167 e. The van der Waals surface area contributed by atoms with Crippen molar-refractivity contribution < 1.29 is 0 Å². The predicted molar refractivity (Wildman–Crippen MR) is 62.3 cm³/mol. The highest BCUT2D eigenvalue weighted by Gasteiger charge is 2.25. The van der Waals surface area contributed by atoms with E-state index in [1.807, 2.05) is 0 Å². The van der Waals surface area contributed by atoms with Crippen LogP contribution in [0.25, 0.3) is 0 Å². The lowest BCUT2D eigenvalue weighted by Crippen LogP contribution is -2.36. The Morgan fingerprint density at radius 3 is 2.64 bits per heavy atom. The zero-order valence-electron chi connectivity index (χ0n) is 10.00. The molecule has 1 saturated heterocycles. The van der Waals surface area contributed by atoms with Gasteiger partial charge in [-0.05, 0) is 31.2 Å². The summed E-state index contributed by atoms with van der Waals surface area (Å²) >= 11 is 0. The lowest BCUT2D eigenvalue weighted by molar-refractivity contribution is 0.281. The number of nitrogens with zero attached hydrogens (tertiary/aromatic N) is 1. The molecule has 0 aromatic heterocycles. The number of nitrogens with two attached hydrogens (primary N) is 1. The summed E-state index contributed by atoms with van der Waals surface area (Å²) in [5.74, 6) is 1.74. The molecule has 0 aliphatic carbocycles. The zero-order chi connectivity index (χ0) is 10.6. The third kappa shape index (κ3) is 3.58. The Hall–Kier alpha value is -0.0800. The molecule has 1 heterocycles. The van der Waals surface area contributed by atoms with Crippen LogP contribution in [0.4, 0.5) is 0 Å². The van der Waals surface area contributed by atoms with Gasteiger partial charge in [-0.1, -0.05) is 27.2 Å². The lowest BCUT2D eigenvalue weighted by atomic mass is 9.95. The standard InChI is InChI=1S/C12H26N2/c1-4-5-12(13)9-14-7-6-11(8-14)10(2)3/h10-12H,4-9,13H2,1-3H3. The van der Waals surface area contributed by atoms with Crippen LogP contribution < -0.4 is 5.73 Å². The first-order valence-electron chi connectivity index (χ1n) is 6.11. The Morgan fingerprint density at radius 1 is 1.43 bits per heavy atom. The quantitative estimate of drug-likeness (QED) is 0.733. The van der Waals surface area contributed by atoms with Crippen LogP contribution >= 0.6 is 0 Å². The Kier molecular flexibility index (Phi) is 4.90. The molecule has 1 fully saturated rings. The van der Waals surface area contributed by atoms with Crippen molar-refractivity contribution in [3.8, 4) is 0 Å². The maximum absolute atomic E-state index is 6.04. The summed E-state index contributed by atoms with van der Waals surface area (Å²) in [6.07, 6.45) is 3.75. The van der Waals surface area contributed by atoms with Gasteiger partial charge in [-0.3, -0.25) is 0 Å². The van der Waals surface area contributed by atoms with Gasteiger partial charge in [0.25, 0.3) is 0 Å². The van der Waals surface area contributed by atoms with Crippen LogP contribution in [0.1, 0.15) is 40.0 Å². The fourth-order valence-electron chi connectivity index (χ4n) is 2.37. The van der Waals surface area contributed by atoms with Gasteiger partial charge in [0.2, 0.25) is 0 Å². The summed E-state index contributed by atoms with van der Waals surface area (Å²) in [7, 11) is 0. The van der Waals surface area contributed by atoms with Crippen molar-refractivity contribution in [1.29, 1.82) is 0 Å². The summed E-state index contributed by atoms with van der Waals surface area (Å²) in [4.78, 5) is 2.55. The Labute approximate surface area is 88.8 Å². The van der Waals surface area contributed by atoms with Crippen LogP contribution in [0.5, 0.6) is 0 Å². The molecule has 1 rings (SSSR count). The predicted octanol–water partition coefficient (Wildman–Crippen LogP) is 2.09. The van der Waals surface area contributed by atoms with Gasteiger partial charge in [0.1, 0.15) is 0 Å². The number of rotatable bonds is 5. The summed E-state index contributed by atoms with van der Waals surface area (Å²) in [6.45, 7) is 10.5. The highest BCUT2D eigenvalue weighted by atomic mass is 15.2. The molecule has 2 unspecified atom stereocenters. The van der Waals surface area contributed by atoms with Gasteiger partial charge < -0.3 is 10.6 Å². The third-order valence-electron chi connectivity index (χ3n) is 3.40. The Morgan fingerprint density at radius 2 is 2.14 bits per heavy atom. The van der Waals surface area contributed by atoms with Crippen LogP contribution in [0.15, 0.2) is 0 Å². The summed E-state index contributed by atoms with van der Waals surface area (Å²) < 4.78 is 0. The minimum atomic E-state index is 0.394. The maximum Gasteiger partial charge on any atom is 0.0167 e. The van der Waals surface area contributed by atoms with Gasteiger partial charge in [-0.25, -0.2) is 0 Å². The number of likely N-dealkylation sites (tertiary alicyclic amines) is 1. The van der Waals surface area contributed by atoms with Crippen LogP contribution in [0, 0.1) is 11.8 Å². The number of hydrogen-bond donors (Lipinski definition) is 1. The lowest BCUT2D eigenvalue weighted by Gasteiger charge is -2.21. The van der Waals surface area contributed by atoms with Crippen LogP contribution in [-0.4, -0.2) is 30.6 Å². The van der Waals surface area contributed by atoms with Gasteiger partial charge >= 0.3 is 0 Å². The Bertz CT molecular complexity index is 156. The molecule has 2 atom stereocenters. The summed E-state index contributed by atoms with van der Waals surface area (Å²) in [5.41, 5.74) is 6.04. The van der Waals surface area contributed by atoms with E-state index in [0.717, 1.165) is 18.4 Å². The second-order valence-electron chi connectivity index (χ2n) is 5.10. The molecule has 0 aromatic rings. The molecular formula is C12H26N2. The van der Waals surface area contributed by atoms with Crippen molar-refractivity contribution in [3.63, 3.8) is 0 Å². The van der Waals surface area contributed by atoms with Gasteiger partial charge in [-0.2, -0.15) is 0 Å². The van der Waals surface area contributed by atoms with E-state index in [1.54, 1.807) is 0 Å². The monoisotopic (exact) mass is 198 g/mol. The Balaban J connectivity index is 2.21. The first kappa shape index (κ1) is 12.0. The fourth-order valence-corrected chi connectivity index (χ4v) is 2.37. The highest BCUT2D eigenvalue weighted by molar-refractivity contribution is 4.80. The fraction of sp³-hybridized carbons (Fsp3) is 1.00. The first-order chi connectivity index (χ1) is 6.63. The van der Waals surface area contributed by atoms with Gasteiger partial charge in [0, 0.05) is 19.1 Å². The van der Waals surface area contributed by atoms with E-state index in [0.29, 0.717) is 6.04 Å². The molecule has 84 valence electrons. The van der Waals surface area contributed by atoms with E-state index in [1.165, 1.54) is 32.4 Å². The molecule has 0 amide bonds. The van der Waals surface area contributed by atoms with Crippen LogP contribution in [0.3, 0.4) is 0 Å². The molecule has 14 heavy (non-hydrogen) atoms. The van der Waals surface area contributed by atoms with Crippen molar-refractivity contribution >= 4 is 0 Å².